The monoisotopic (exact) mass is 322 g/mol. The predicted octanol–water partition coefficient (Wildman–Crippen LogP) is 3.41. The highest BCUT2D eigenvalue weighted by Crippen LogP contribution is 2.31. The first-order valence-electron chi connectivity index (χ1n) is 6.84. The fraction of sp³-hybridized carbons (Fsp3) is 0.294. The Morgan fingerprint density at radius 2 is 1.77 bits per heavy atom. The van der Waals surface area contributed by atoms with E-state index in [9.17, 15) is 5.11 Å². The summed E-state index contributed by atoms with van der Waals surface area (Å²) < 4.78 is 15.7. The maximum Gasteiger partial charge on any atom is 0.188 e. The smallest absolute Gasteiger partial charge is 0.188 e. The summed E-state index contributed by atoms with van der Waals surface area (Å²) >= 11 is 6.34. The van der Waals surface area contributed by atoms with Gasteiger partial charge in [-0.1, -0.05) is 23.7 Å². The predicted molar refractivity (Wildman–Crippen MR) is 85.7 cm³/mol. The van der Waals surface area contributed by atoms with E-state index in [2.05, 4.69) is 0 Å². The molecule has 0 aliphatic carbocycles. The first-order valence-corrected chi connectivity index (χ1v) is 7.22. The first-order chi connectivity index (χ1) is 10.7. The van der Waals surface area contributed by atoms with Crippen molar-refractivity contribution >= 4 is 11.6 Å². The molecule has 0 spiro atoms. The Kier molecular flexibility index (Phi) is 6.07. The van der Waals surface area contributed by atoms with Crippen LogP contribution in [-0.4, -0.2) is 26.1 Å². The molecule has 0 radical (unpaired) electrons. The summed E-state index contributed by atoms with van der Waals surface area (Å²) in [6.07, 6.45) is 0.619. The Bertz CT molecular complexity index is 611. The van der Waals surface area contributed by atoms with E-state index in [1.54, 1.807) is 26.4 Å². The van der Waals surface area contributed by atoms with Crippen LogP contribution in [0.4, 0.5) is 0 Å². The minimum atomic E-state index is -0.0914. The van der Waals surface area contributed by atoms with Crippen molar-refractivity contribution in [3.05, 3.63) is 58.1 Å². The summed E-state index contributed by atoms with van der Waals surface area (Å²) in [5.74, 6) is 1.43. The first kappa shape index (κ1) is 16.6. The van der Waals surface area contributed by atoms with Crippen molar-refractivity contribution in [3.63, 3.8) is 0 Å². The molecule has 0 saturated carbocycles. The van der Waals surface area contributed by atoms with Crippen molar-refractivity contribution in [2.75, 3.05) is 21.0 Å². The number of ether oxygens (including phenoxy) is 3. The molecule has 2 aromatic carbocycles. The molecule has 4 nitrogen and oxygen atoms in total. The lowest BCUT2D eigenvalue weighted by atomic mass is 10.0. The lowest BCUT2D eigenvalue weighted by Crippen LogP contribution is -2.04. The van der Waals surface area contributed by atoms with Gasteiger partial charge < -0.3 is 19.3 Å². The van der Waals surface area contributed by atoms with E-state index in [0.717, 1.165) is 16.9 Å². The number of rotatable bonds is 7. The van der Waals surface area contributed by atoms with Crippen LogP contribution >= 0.6 is 11.6 Å². The maximum absolute atomic E-state index is 9.29. The summed E-state index contributed by atoms with van der Waals surface area (Å²) in [5, 5.41) is 9.85. The molecular formula is C17H19ClO4. The Hall–Kier alpha value is -1.75. The van der Waals surface area contributed by atoms with Gasteiger partial charge in [-0.2, -0.15) is 0 Å². The van der Waals surface area contributed by atoms with Crippen molar-refractivity contribution < 1.29 is 19.3 Å². The van der Waals surface area contributed by atoms with Gasteiger partial charge in [0.15, 0.2) is 6.79 Å². The Morgan fingerprint density at radius 3 is 2.36 bits per heavy atom. The third kappa shape index (κ3) is 4.13. The number of benzene rings is 2. The van der Waals surface area contributed by atoms with E-state index in [0.29, 0.717) is 22.8 Å². The SMILES string of the molecule is COCOc1cc(CO)cc(Cl)c1Cc1ccc(OC)cc1. The van der Waals surface area contributed by atoms with E-state index >= 15 is 0 Å². The molecule has 0 saturated heterocycles. The second kappa shape index (κ2) is 8.03. The average Bonchev–Trinajstić information content (AvgIpc) is 2.55. The molecule has 0 unspecified atom stereocenters. The molecule has 0 amide bonds. The molecule has 118 valence electrons. The zero-order valence-corrected chi connectivity index (χ0v) is 13.4. The molecule has 2 rings (SSSR count). The molecule has 0 aliphatic rings. The third-order valence-corrected chi connectivity index (χ3v) is 3.61. The molecule has 0 fully saturated rings. The minimum Gasteiger partial charge on any atom is -0.497 e. The largest absolute Gasteiger partial charge is 0.497 e. The quantitative estimate of drug-likeness (QED) is 0.794. The van der Waals surface area contributed by atoms with Gasteiger partial charge in [0, 0.05) is 24.1 Å². The standard InChI is InChI=1S/C17H19ClO4/c1-20-11-22-17-9-13(10-19)8-16(18)15(17)7-12-3-5-14(21-2)6-4-12/h3-6,8-9,19H,7,10-11H2,1-2H3. The second-order valence-electron chi connectivity index (χ2n) is 4.79. The molecule has 5 heteroatoms. The Labute approximate surface area is 135 Å². The molecular weight excluding hydrogens is 304 g/mol. The second-order valence-corrected chi connectivity index (χ2v) is 5.20. The van der Waals surface area contributed by atoms with Crippen LogP contribution in [0.15, 0.2) is 36.4 Å². The molecule has 0 atom stereocenters. The summed E-state index contributed by atoms with van der Waals surface area (Å²) in [6.45, 7) is 0.0344. The molecule has 22 heavy (non-hydrogen) atoms. The third-order valence-electron chi connectivity index (χ3n) is 3.27. The topological polar surface area (TPSA) is 47.9 Å². The van der Waals surface area contributed by atoms with Crippen LogP contribution in [0.25, 0.3) is 0 Å². The fourth-order valence-corrected chi connectivity index (χ4v) is 2.43. The average molecular weight is 323 g/mol. The zero-order valence-electron chi connectivity index (χ0n) is 12.6. The number of hydrogen-bond donors (Lipinski definition) is 1. The van der Waals surface area contributed by atoms with Crippen LogP contribution in [0.5, 0.6) is 11.5 Å². The van der Waals surface area contributed by atoms with Gasteiger partial charge in [0.25, 0.3) is 0 Å². The lowest BCUT2D eigenvalue weighted by Gasteiger charge is -2.14. The highest BCUT2D eigenvalue weighted by molar-refractivity contribution is 6.31. The van der Waals surface area contributed by atoms with Crippen molar-refractivity contribution in [1.29, 1.82) is 0 Å². The van der Waals surface area contributed by atoms with E-state index < -0.39 is 0 Å². The van der Waals surface area contributed by atoms with Gasteiger partial charge in [-0.15, -0.1) is 0 Å². The molecule has 0 heterocycles. The van der Waals surface area contributed by atoms with Crippen LogP contribution in [0, 0.1) is 0 Å². The molecule has 0 aliphatic heterocycles. The maximum atomic E-state index is 9.29. The van der Waals surface area contributed by atoms with Gasteiger partial charge >= 0.3 is 0 Å². The number of methoxy groups -OCH3 is 2. The summed E-state index contributed by atoms with van der Waals surface area (Å²) in [7, 11) is 3.19. The van der Waals surface area contributed by atoms with Crippen molar-refractivity contribution in [2.24, 2.45) is 0 Å². The normalized spacial score (nSPS) is 10.5. The van der Waals surface area contributed by atoms with Crippen LogP contribution in [-0.2, 0) is 17.8 Å². The Balaban J connectivity index is 2.30. The van der Waals surface area contributed by atoms with Crippen LogP contribution in [0.3, 0.4) is 0 Å². The van der Waals surface area contributed by atoms with Crippen molar-refractivity contribution in [1.82, 2.24) is 0 Å². The number of halogens is 1. The lowest BCUT2D eigenvalue weighted by molar-refractivity contribution is 0.0504. The Morgan fingerprint density at radius 1 is 1.05 bits per heavy atom. The minimum absolute atomic E-state index is 0.0914. The van der Waals surface area contributed by atoms with Crippen LogP contribution < -0.4 is 9.47 Å². The van der Waals surface area contributed by atoms with E-state index in [1.165, 1.54) is 0 Å². The molecule has 1 N–H and O–H groups in total. The summed E-state index contributed by atoms with van der Waals surface area (Å²) in [4.78, 5) is 0. The van der Waals surface area contributed by atoms with E-state index in [-0.39, 0.29) is 13.4 Å². The highest BCUT2D eigenvalue weighted by atomic mass is 35.5. The molecule has 2 aromatic rings. The zero-order chi connectivity index (χ0) is 15.9. The number of hydrogen-bond acceptors (Lipinski definition) is 4. The molecule has 0 bridgehead atoms. The van der Waals surface area contributed by atoms with Crippen LogP contribution in [0.2, 0.25) is 5.02 Å². The number of aliphatic hydroxyl groups excluding tert-OH is 1. The summed E-state index contributed by atoms with van der Waals surface area (Å²) in [5.41, 5.74) is 2.65. The highest BCUT2D eigenvalue weighted by Gasteiger charge is 2.12. The van der Waals surface area contributed by atoms with Gasteiger partial charge in [-0.25, -0.2) is 0 Å². The number of aliphatic hydroxyl groups is 1. The van der Waals surface area contributed by atoms with Gasteiger partial charge in [-0.05, 0) is 35.4 Å². The van der Waals surface area contributed by atoms with Gasteiger partial charge in [0.1, 0.15) is 11.5 Å². The molecule has 0 aromatic heterocycles. The van der Waals surface area contributed by atoms with Crippen molar-refractivity contribution in [2.45, 2.75) is 13.0 Å². The van der Waals surface area contributed by atoms with E-state index in [1.807, 2.05) is 24.3 Å². The van der Waals surface area contributed by atoms with Gasteiger partial charge in [0.2, 0.25) is 0 Å². The summed E-state index contributed by atoms with van der Waals surface area (Å²) in [6, 6.07) is 11.3. The van der Waals surface area contributed by atoms with Crippen molar-refractivity contribution in [3.8, 4) is 11.5 Å². The van der Waals surface area contributed by atoms with Crippen LogP contribution in [0.1, 0.15) is 16.7 Å². The van der Waals surface area contributed by atoms with Gasteiger partial charge in [-0.3, -0.25) is 0 Å². The fourth-order valence-electron chi connectivity index (χ4n) is 2.13. The van der Waals surface area contributed by atoms with E-state index in [4.69, 9.17) is 25.8 Å². The van der Waals surface area contributed by atoms with Gasteiger partial charge in [0.05, 0.1) is 13.7 Å².